The molecule has 72 valence electrons. The Morgan fingerprint density at radius 1 is 1.69 bits per heavy atom. The van der Waals surface area contributed by atoms with Crippen LogP contribution in [-0.4, -0.2) is 30.7 Å². The van der Waals surface area contributed by atoms with Crippen LogP contribution < -0.4 is 10.2 Å². The molecule has 0 spiro atoms. The molecule has 1 unspecified atom stereocenters. The van der Waals surface area contributed by atoms with Crippen LogP contribution in [0.2, 0.25) is 0 Å². The highest BCUT2D eigenvalue weighted by Crippen LogP contribution is 2.20. The van der Waals surface area contributed by atoms with E-state index in [4.69, 9.17) is 0 Å². The Bertz CT molecular complexity index is 284. The molecule has 2 heterocycles. The van der Waals surface area contributed by atoms with Gasteiger partial charge >= 0.3 is 0 Å². The van der Waals surface area contributed by atoms with E-state index in [1.807, 2.05) is 6.92 Å². The van der Waals surface area contributed by atoms with Crippen molar-refractivity contribution in [3.63, 3.8) is 0 Å². The first-order chi connectivity index (χ1) is 6.25. The number of aromatic nitrogens is 1. The molecule has 2 rings (SSSR count). The lowest BCUT2D eigenvalue weighted by atomic mass is 10.2. The Morgan fingerprint density at radius 2 is 2.54 bits per heavy atom. The van der Waals surface area contributed by atoms with E-state index in [9.17, 15) is 0 Å². The van der Waals surface area contributed by atoms with Crippen LogP contribution in [0.5, 0.6) is 0 Å². The topological polar surface area (TPSA) is 28.2 Å². The van der Waals surface area contributed by atoms with E-state index in [-0.39, 0.29) is 0 Å². The number of anilines is 1. The fraction of sp³-hybridized carbons (Fsp3) is 0.667. The number of nitrogens with one attached hydrogen (secondary N) is 1. The third kappa shape index (κ3) is 2.00. The molecule has 4 heteroatoms. The van der Waals surface area contributed by atoms with Crippen molar-refractivity contribution in [1.82, 2.24) is 10.3 Å². The van der Waals surface area contributed by atoms with Crippen LogP contribution in [0.4, 0.5) is 5.13 Å². The van der Waals surface area contributed by atoms with Gasteiger partial charge in [0.2, 0.25) is 0 Å². The Balaban J connectivity index is 2.08. The average molecular weight is 197 g/mol. The van der Waals surface area contributed by atoms with Gasteiger partial charge in [-0.25, -0.2) is 4.98 Å². The normalized spacial score (nSPS) is 23.5. The number of hydrogen-bond acceptors (Lipinski definition) is 4. The molecule has 1 N–H and O–H groups in total. The van der Waals surface area contributed by atoms with Crippen molar-refractivity contribution in [2.45, 2.75) is 19.9 Å². The molecule has 3 nitrogen and oxygen atoms in total. The van der Waals surface area contributed by atoms with Gasteiger partial charge in [0.25, 0.3) is 0 Å². The molecule has 13 heavy (non-hydrogen) atoms. The molecule has 1 aromatic rings. The van der Waals surface area contributed by atoms with E-state index < -0.39 is 0 Å². The minimum atomic E-state index is 0.581. The van der Waals surface area contributed by atoms with Crippen molar-refractivity contribution >= 4 is 16.5 Å². The predicted octanol–water partition coefficient (Wildman–Crippen LogP) is 1.25. The second-order valence-corrected chi connectivity index (χ2v) is 4.41. The van der Waals surface area contributed by atoms with Gasteiger partial charge in [0, 0.05) is 31.1 Å². The van der Waals surface area contributed by atoms with Crippen LogP contribution in [0.1, 0.15) is 12.6 Å². The minimum Gasteiger partial charge on any atom is -0.345 e. The molecule has 0 aliphatic carbocycles. The van der Waals surface area contributed by atoms with Crippen LogP contribution in [0.15, 0.2) is 5.38 Å². The molecule has 1 atom stereocenters. The number of rotatable bonds is 1. The first-order valence-electron chi connectivity index (χ1n) is 4.66. The lowest BCUT2D eigenvalue weighted by Crippen LogP contribution is -2.49. The zero-order valence-electron chi connectivity index (χ0n) is 8.08. The maximum Gasteiger partial charge on any atom is 0.185 e. The number of hydrogen-bond donors (Lipinski definition) is 1. The minimum absolute atomic E-state index is 0.581. The molecule has 0 amide bonds. The molecule has 1 aromatic heterocycles. The van der Waals surface area contributed by atoms with Crippen LogP contribution in [-0.2, 0) is 0 Å². The maximum atomic E-state index is 4.49. The molecular weight excluding hydrogens is 182 g/mol. The van der Waals surface area contributed by atoms with E-state index in [1.165, 1.54) is 5.13 Å². The van der Waals surface area contributed by atoms with Gasteiger partial charge in [-0.1, -0.05) is 0 Å². The summed E-state index contributed by atoms with van der Waals surface area (Å²) in [5.74, 6) is 0. The summed E-state index contributed by atoms with van der Waals surface area (Å²) in [6.45, 7) is 7.49. The van der Waals surface area contributed by atoms with Gasteiger partial charge in [-0.2, -0.15) is 0 Å². The smallest absolute Gasteiger partial charge is 0.185 e. The van der Waals surface area contributed by atoms with Crippen molar-refractivity contribution < 1.29 is 0 Å². The monoisotopic (exact) mass is 197 g/mol. The number of aryl methyl sites for hydroxylation is 1. The summed E-state index contributed by atoms with van der Waals surface area (Å²) in [6.07, 6.45) is 0. The quantitative estimate of drug-likeness (QED) is 0.734. The SMILES string of the molecule is Cc1csc(N2CCNC(C)C2)n1. The summed E-state index contributed by atoms with van der Waals surface area (Å²) in [7, 11) is 0. The number of thiazole rings is 1. The van der Waals surface area contributed by atoms with Crippen molar-refractivity contribution in [1.29, 1.82) is 0 Å². The van der Waals surface area contributed by atoms with Crippen LogP contribution in [0, 0.1) is 6.92 Å². The molecule has 1 fully saturated rings. The van der Waals surface area contributed by atoms with Crippen molar-refractivity contribution in [3.8, 4) is 0 Å². The van der Waals surface area contributed by atoms with Gasteiger partial charge in [0.15, 0.2) is 5.13 Å². The van der Waals surface area contributed by atoms with E-state index in [1.54, 1.807) is 11.3 Å². The molecule has 0 saturated carbocycles. The fourth-order valence-electron chi connectivity index (χ4n) is 1.59. The van der Waals surface area contributed by atoms with Crippen molar-refractivity contribution in [2.75, 3.05) is 24.5 Å². The highest BCUT2D eigenvalue weighted by atomic mass is 32.1. The summed E-state index contributed by atoms with van der Waals surface area (Å²) in [5.41, 5.74) is 1.13. The first kappa shape index (κ1) is 8.97. The molecule has 1 aliphatic heterocycles. The van der Waals surface area contributed by atoms with Gasteiger partial charge in [-0.3, -0.25) is 0 Å². The van der Waals surface area contributed by atoms with Crippen LogP contribution in [0.25, 0.3) is 0 Å². The first-order valence-corrected chi connectivity index (χ1v) is 5.54. The number of nitrogens with zero attached hydrogens (tertiary/aromatic N) is 2. The molecular formula is C9H15N3S. The molecule has 0 bridgehead atoms. The Kier molecular flexibility index (Phi) is 2.51. The van der Waals surface area contributed by atoms with Gasteiger partial charge in [0.05, 0.1) is 5.69 Å². The van der Waals surface area contributed by atoms with E-state index in [0.717, 1.165) is 25.3 Å². The van der Waals surface area contributed by atoms with Crippen molar-refractivity contribution in [3.05, 3.63) is 11.1 Å². The predicted molar refractivity (Wildman–Crippen MR) is 56.5 cm³/mol. The van der Waals surface area contributed by atoms with E-state index >= 15 is 0 Å². The Hall–Kier alpha value is -0.610. The average Bonchev–Trinajstić information content (AvgIpc) is 2.52. The maximum absolute atomic E-state index is 4.49. The zero-order valence-corrected chi connectivity index (χ0v) is 8.90. The molecule has 1 saturated heterocycles. The molecule has 1 aliphatic rings. The second kappa shape index (κ2) is 3.64. The van der Waals surface area contributed by atoms with E-state index in [2.05, 4.69) is 27.5 Å². The summed E-state index contributed by atoms with van der Waals surface area (Å²) in [5, 5.41) is 6.71. The summed E-state index contributed by atoms with van der Waals surface area (Å²) >= 11 is 1.75. The third-order valence-corrected chi connectivity index (χ3v) is 3.27. The Labute approximate surface area is 82.8 Å². The zero-order chi connectivity index (χ0) is 9.26. The third-order valence-electron chi connectivity index (χ3n) is 2.25. The Morgan fingerprint density at radius 3 is 3.15 bits per heavy atom. The lowest BCUT2D eigenvalue weighted by Gasteiger charge is -2.31. The highest BCUT2D eigenvalue weighted by Gasteiger charge is 2.17. The highest BCUT2D eigenvalue weighted by molar-refractivity contribution is 7.13. The van der Waals surface area contributed by atoms with E-state index in [0.29, 0.717) is 6.04 Å². The summed E-state index contributed by atoms with van der Waals surface area (Å²) in [4.78, 5) is 6.85. The van der Waals surface area contributed by atoms with Crippen molar-refractivity contribution in [2.24, 2.45) is 0 Å². The van der Waals surface area contributed by atoms with Gasteiger partial charge in [-0.15, -0.1) is 11.3 Å². The largest absolute Gasteiger partial charge is 0.345 e. The number of piperazine rings is 1. The van der Waals surface area contributed by atoms with Crippen LogP contribution in [0.3, 0.4) is 0 Å². The van der Waals surface area contributed by atoms with Gasteiger partial charge < -0.3 is 10.2 Å². The lowest BCUT2D eigenvalue weighted by molar-refractivity contribution is 0.484. The molecule has 0 radical (unpaired) electrons. The van der Waals surface area contributed by atoms with Crippen LogP contribution >= 0.6 is 11.3 Å². The standard InChI is InChI=1S/C9H15N3S/c1-7-5-12(4-3-10-7)9-11-8(2)6-13-9/h6-7,10H,3-5H2,1-2H3. The summed E-state index contributed by atoms with van der Waals surface area (Å²) in [6, 6.07) is 0.581. The second-order valence-electron chi connectivity index (χ2n) is 3.57. The van der Waals surface area contributed by atoms with Gasteiger partial charge in [0.1, 0.15) is 0 Å². The molecule has 0 aromatic carbocycles. The summed E-state index contributed by atoms with van der Waals surface area (Å²) < 4.78 is 0. The fourth-order valence-corrected chi connectivity index (χ4v) is 2.43. The van der Waals surface area contributed by atoms with Gasteiger partial charge in [-0.05, 0) is 13.8 Å².